The summed E-state index contributed by atoms with van der Waals surface area (Å²) in [5.74, 6) is 0. The molecule has 1 aromatic carbocycles. The van der Waals surface area contributed by atoms with Crippen molar-refractivity contribution in [2.24, 2.45) is 7.05 Å². The summed E-state index contributed by atoms with van der Waals surface area (Å²) in [7, 11) is -1.56. The third-order valence-electron chi connectivity index (χ3n) is 2.73. The van der Waals surface area contributed by atoms with Crippen molar-refractivity contribution < 1.29 is 8.42 Å². The van der Waals surface area contributed by atoms with Gasteiger partial charge in [0.25, 0.3) is 7.19 Å². The predicted octanol–water partition coefficient (Wildman–Crippen LogP) is 2.06. The summed E-state index contributed by atoms with van der Waals surface area (Å²) in [6, 6.07) is 7.41. The van der Waals surface area contributed by atoms with Gasteiger partial charge < -0.3 is 0 Å². The van der Waals surface area contributed by atoms with Crippen molar-refractivity contribution in [2.75, 3.05) is 0 Å². The maximum atomic E-state index is 11.8. The van der Waals surface area contributed by atoms with Crippen LogP contribution in [0.15, 0.2) is 30.5 Å². The highest BCUT2D eigenvalue weighted by Gasteiger charge is 2.20. The Hall–Kier alpha value is -1.09. The number of aromatic nitrogens is 3. The van der Waals surface area contributed by atoms with E-state index in [9.17, 15) is 8.42 Å². The summed E-state index contributed by atoms with van der Waals surface area (Å²) in [6.45, 7) is 0. The average Bonchev–Trinajstić information content (AvgIpc) is 2.75. The first-order chi connectivity index (χ1) is 8.00. The molecule has 0 saturated carbocycles. The van der Waals surface area contributed by atoms with Gasteiger partial charge in [0.1, 0.15) is 5.52 Å². The van der Waals surface area contributed by atoms with Crippen LogP contribution in [0.5, 0.6) is 0 Å². The zero-order valence-electron chi connectivity index (χ0n) is 8.83. The van der Waals surface area contributed by atoms with Crippen molar-refractivity contribution in [2.45, 2.75) is 0 Å². The zero-order chi connectivity index (χ0) is 12.2. The van der Waals surface area contributed by atoms with Crippen LogP contribution in [0.2, 0.25) is 0 Å². The van der Waals surface area contributed by atoms with Gasteiger partial charge in [-0.25, -0.2) is 3.97 Å². The highest BCUT2D eigenvalue weighted by atomic mass is 127. The molecule has 88 valence electrons. The predicted molar refractivity (Wildman–Crippen MR) is 74.5 cm³/mol. The Morgan fingerprint density at radius 1 is 1.24 bits per heavy atom. The van der Waals surface area contributed by atoms with Crippen molar-refractivity contribution in [3.8, 4) is 0 Å². The number of hydrogen-bond donors (Lipinski definition) is 0. The van der Waals surface area contributed by atoms with Crippen LogP contribution in [0, 0.1) is 0 Å². The van der Waals surface area contributed by atoms with Crippen molar-refractivity contribution in [3.63, 3.8) is 0 Å². The van der Waals surface area contributed by atoms with E-state index in [0.29, 0.717) is 11.0 Å². The lowest BCUT2D eigenvalue weighted by Crippen LogP contribution is -2.02. The Balaban J connectivity index is 2.70. The number of halogens is 1. The summed E-state index contributed by atoms with van der Waals surface area (Å²) < 4.78 is 26.7. The lowest BCUT2D eigenvalue weighted by Gasteiger charge is -2.00. The van der Waals surface area contributed by atoms with Gasteiger partial charge in [-0.05, 0) is 6.07 Å². The van der Waals surface area contributed by atoms with Crippen molar-refractivity contribution in [1.29, 1.82) is 0 Å². The minimum Gasteiger partial charge on any atom is -0.266 e. The maximum absolute atomic E-state index is 11.8. The molecular weight excluding hydrogens is 353 g/mol. The van der Waals surface area contributed by atoms with E-state index in [4.69, 9.17) is 0 Å². The van der Waals surface area contributed by atoms with E-state index in [1.54, 1.807) is 24.0 Å². The molecule has 0 bridgehead atoms. The number of para-hydroxylation sites is 1. The van der Waals surface area contributed by atoms with E-state index in [-0.39, 0.29) is 0 Å². The van der Waals surface area contributed by atoms with Gasteiger partial charge in [-0.1, -0.05) is 18.2 Å². The summed E-state index contributed by atoms with van der Waals surface area (Å²) in [5.41, 5.74) is 2.13. The zero-order valence-corrected chi connectivity index (χ0v) is 11.8. The van der Waals surface area contributed by atoms with E-state index in [0.717, 1.165) is 10.9 Å². The molecule has 0 aliphatic heterocycles. The van der Waals surface area contributed by atoms with Gasteiger partial charge in [0.15, 0.2) is 0 Å². The van der Waals surface area contributed by atoms with Crippen LogP contribution in [0.25, 0.3) is 21.9 Å². The third-order valence-corrected chi connectivity index (χ3v) is 4.75. The Morgan fingerprint density at radius 3 is 2.65 bits per heavy atom. The highest BCUT2D eigenvalue weighted by molar-refractivity contribution is 14.2. The molecule has 0 atom stereocenters. The van der Waals surface area contributed by atoms with Crippen molar-refractivity contribution in [1.82, 2.24) is 13.8 Å². The van der Waals surface area contributed by atoms with Crippen LogP contribution in [0.4, 0.5) is 0 Å². The summed E-state index contributed by atoms with van der Waals surface area (Å²) in [4.78, 5) is 0. The lowest BCUT2D eigenvalue weighted by molar-refractivity contribution is 0.608. The van der Waals surface area contributed by atoms with Gasteiger partial charge in [0.2, 0.25) is 0 Å². The normalized spacial score (nSPS) is 12.6. The lowest BCUT2D eigenvalue weighted by atomic mass is 10.2. The number of benzene rings is 1. The smallest absolute Gasteiger partial charge is 0.266 e. The van der Waals surface area contributed by atoms with Gasteiger partial charge in [0.05, 0.1) is 38.4 Å². The fraction of sp³-hybridized carbons (Fsp3) is 0.100. The number of fused-ring (bicyclic) bond motifs is 3. The van der Waals surface area contributed by atoms with Crippen LogP contribution < -0.4 is 0 Å². The molecule has 2 aromatic heterocycles. The second kappa shape index (κ2) is 3.45. The molecule has 2 heterocycles. The standard InChI is InChI=1S/C10H8IN3O2S/c1-13-10-7-4-2-3-5-8(7)14(17(11,15)16)9(10)6-12-13/h2-6H,1H3. The first kappa shape index (κ1) is 11.0. The quantitative estimate of drug-likeness (QED) is 0.493. The molecule has 0 radical (unpaired) electrons. The summed E-state index contributed by atoms with van der Waals surface area (Å²) >= 11 is 1.44. The second-order valence-electron chi connectivity index (χ2n) is 3.73. The van der Waals surface area contributed by atoms with Crippen LogP contribution >= 0.6 is 21.2 Å². The molecule has 5 nitrogen and oxygen atoms in total. The number of hydrogen-bond acceptors (Lipinski definition) is 3. The topological polar surface area (TPSA) is 56.9 Å². The third kappa shape index (κ3) is 1.48. The van der Waals surface area contributed by atoms with Gasteiger partial charge in [-0.15, -0.1) is 0 Å². The Kier molecular flexibility index (Phi) is 2.24. The Bertz CT molecular complexity index is 832. The molecule has 0 fully saturated rings. The largest absolute Gasteiger partial charge is 0.293 e. The Morgan fingerprint density at radius 2 is 1.94 bits per heavy atom. The molecule has 3 rings (SSSR count). The first-order valence-electron chi connectivity index (χ1n) is 4.86. The van der Waals surface area contributed by atoms with Crippen LogP contribution in [-0.2, 0) is 14.2 Å². The van der Waals surface area contributed by atoms with E-state index in [2.05, 4.69) is 5.10 Å². The van der Waals surface area contributed by atoms with Crippen LogP contribution in [-0.4, -0.2) is 22.2 Å². The maximum Gasteiger partial charge on any atom is 0.293 e. The molecule has 0 aliphatic carbocycles. The van der Waals surface area contributed by atoms with E-state index in [1.165, 1.54) is 25.2 Å². The fourth-order valence-corrected chi connectivity index (χ4v) is 4.14. The summed E-state index contributed by atoms with van der Waals surface area (Å²) in [5, 5.41) is 5.00. The molecule has 3 aromatic rings. The van der Waals surface area contributed by atoms with Gasteiger partial charge in [-0.3, -0.25) is 4.68 Å². The SMILES string of the molecule is Cn1ncc2c1c1ccccc1n2S(=O)(=O)I. The molecule has 0 amide bonds. The fourth-order valence-electron chi connectivity index (χ4n) is 2.10. The monoisotopic (exact) mass is 361 g/mol. The van der Waals surface area contributed by atoms with Gasteiger partial charge >= 0.3 is 0 Å². The van der Waals surface area contributed by atoms with E-state index < -0.39 is 7.19 Å². The molecular formula is C10H8IN3O2S. The molecule has 0 spiro atoms. The van der Waals surface area contributed by atoms with Crippen molar-refractivity contribution in [3.05, 3.63) is 30.5 Å². The number of aryl methyl sites for hydroxylation is 1. The first-order valence-corrected chi connectivity index (χ1v) is 8.85. The molecule has 0 saturated heterocycles. The van der Waals surface area contributed by atoms with E-state index >= 15 is 0 Å². The minimum atomic E-state index is -3.37. The average molecular weight is 361 g/mol. The molecule has 0 unspecified atom stereocenters. The molecule has 0 N–H and O–H groups in total. The molecule has 0 aliphatic rings. The van der Waals surface area contributed by atoms with E-state index in [1.807, 2.05) is 18.2 Å². The molecule has 17 heavy (non-hydrogen) atoms. The summed E-state index contributed by atoms with van der Waals surface area (Å²) in [6.07, 6.45) is 1.57. The van der Waals surface area contributed by atoms with Crippen LogP contribution in [0.1, 0.15) is 0 Å². The highest BCUT2D eigenvalue weighted by Crippen LogP contribution is 2.31. The minimum absolute atomic E-state index is 0.614. The molecule has 7 heteroatoms. The van der Waals surface area contributed by atoms with Gasteiger partial charge in [0, 0.05) is 12.4 Å². The van der Waals surface area contributed by atoms with Gasteiger partial charge in [-0.2, -0.15) is 13.5 Å². The Labute approximate surface area is 110 Å². The second-order valence-corrected chi connectivity index (χ2v) is 8.25. The number of rotatable bonds is 1. The number of nitrogens with zero attached hydrogens (tertiary/aromatic N) is 3. The van der Waals surface area contributed by atoms with Crippen molar-refractivity contribution >= 4 is 50.3 Å². The van der Waals surface area contributed by atoms with Crippen LogP contribution in [0.3, 0.4) is 0 Å².